The average Bonchev–Trinajstić information content (AvgIpc) is 3.50. The van der Waals surface area contributed by atoms with E-state index in [1.807, 2.05) is 59.5 Å². The average molecular weight is 1170 g/mol. The Bertz CT molecular complexity index is 2680. The number of carboxylic acids is 7. The summed E-state index contributed by atoms with van der Waals surface area (Å²) >= 11 is 0.761. The maximum absolute atomic E-state index is 14.4. The Kier molecular flexibility index (Phi) is 26.0. The van der Waals surface area contributed by atoms with Gasteiger partial charge < -0.3 is 62.3 Å². The van der Waals surface area contributed by atoms with Gasteiger partial charge in [0.15, 0.2) is 0 Å². The van der Waals surface area contributed by atoms with Gasteiger partial charge in [0.25, 0.3) is 0 Å². The molecule has 1 heterocycles. The van der Waals surface area contributed by atoms with Crippen LogP contribution in [0, 0.1) is 11.8 Å². The molecule has 1 saturated carbocycles. The standard InChI is InChI=1S/C54H73N9O18S/c64-44(27-60-16-18-61(28-46(67)68)20-22-63(30-48(71)72)23-21-62(19-17-60)29-47(69)70)55-26-33-12-14-34(15-13-33)49(73)56-41(25-39-37-8-3-1-6-35(37)24-36-7-2-4-9-38(36)39)50(74)57-42(52(77)78)31-82-32-43(53(79)80)59-54(81)58-40(51(75)76)10-5-11-45(65)66/h1-4,6-9,24,33-34,40-43H,5,10-23,25-32H2,(H,55,64)(H,56,73)(H,57,74)(H,65,66)(H,67,68)(H,69,70)(H,71,72)(H,75,76)(H,77,78)(H,79,80)(H2,58,59,81)/t33?,34?,40-,41?,42-,43-/m0/s1. The summed E-state index contributed by atoms with van der Waals surface area (Å²) < 4.78 is 0. The summed E-state index contributed by atoms with van der Waals surface area (Å²) in [6.07, 6.45) is 1.06. The molecule has 12 N–H and O–H groups in total. The van der Waals surface area contributed by atoms with Crippen molar-refractivity contribution in [2.45, 2.75) is 75.5 Å². The molecule has 0 aromatic heterocycles. The van der Waals surface area contributed by atoms with Gasteiger partial charge in [-0.2, -0.15) is 11.8 Å². The van der Waals surface area contributed by atoms with Gasteiger partial charge in [0.2, 0.25) is 17.7 Å². The lowest BCUT2D eigenvalue weighted by molar-refractivity contribution is -0.141. The fourth-order valence-electron chi connectivity index (χ4n) is 9.96. The molecule has 5 rings (SSSR count). The van der Waals surface area contributed by atoms with Gasteiger partial charge in [0.1, 0.15) is 24.2 Å². The molecule has 1 unspecified atom stereocenters. The summed E-state index contributed by atoms with van der Waals surface area (Å²) in [6, 6.07) is 9.66. The molecule has 0 spiro atoms. The van der Waals surface area contributed by atoms with E-state index in [4.69, 9.17) is 5.11 Å². The summed E-state index contributed by atoms with van der Waals surface area (Å²) in [7, 11) is 0. The lowest BCUT2D eigenvalue weighted by atomic mass is 9.81. The molecule has 0 radical (unpaired) electrons. The van der Waals surface area contributed by atoms with Crippen LogP contribution in [0.2, 0.25) is 0 Å². The van der Waals surface area contributed by atoms with Crippen molar-refractivity contribution in [3.05, 3.63) is 60.2 Å². The third-order valence-corrected chi connectivity index (χ3v) is 15.5. The van der Waals surface area contributed by atoms with E-state index < -0.39 is 101 Å². The highest BCUT2D eigenvalue weighted by Gasteiger charge is 2.34. The van der Waals surface area contributed by atoms with Crippen LogP contribution in [0.15, 0.2) is 54.6 Å². The van der Waals surface area contributed by atoms with Crippen LogP contribution in [0.5, 0.6) is 0 Å². The molecule has 448 valence electrons. The lowest BCUT2D eigenvalue weighted by Gasteiger charge is -2.33. The molecule has 1 saturated heterocycles. The number of hydrogen-bond acceptors (Lipinski definition) is 16. The topological polar surface area (TPSA) is 402 Å². The normalized spacial score (nSPS) is 18.5. The molecule has 3 aromatic rings. The first kappa shape index (κ1) is 65.2. The largest absolute Gasteiger partial charge is 0.481 e. The number of hydrogen-bond donors (Lipinski definition) is 12. The van der Waals surface area contributed by atoms with Crippen molar-refractivity contribution in [1.29, 1.82) is 0 Å². The molecule has 82 heavy (non-hydrogen) atoms. The van der Waals surface area contributed by atoms with Gasteiger partial charge in [-0.25, -0.2) is 19.2 Å². The minimum absolute atomic E-state index is 0.0254. The fourth-order valence-corrected chi connectivity index (χ4v) is 11.0. The molecular formula is C54H73N9O18S. The zero-order valence-electron chi connectivity index (χ0n) is 45.2. The minimum Gasteiger partial charge on any atom is -0.481 e. The molecule has 2 fully saturated rings. The number of amides is 5. The van der Waals surface area contributed by atoms with Crippen molar-refractivity contribution in [2.75, 3.05) is 96.6 Å². The van der Waals surface area contributed by atoms with Crippen LogP contribution >= 0.6 is 11.8 Å². The van der Waals surface area contributed by atoms with Gasteiger partial charge >= 0.3 is 47.8 Å². The highest BCUT2D eigenvalue weighted by atomic mass is 32.2. The van der Waals surface area contributed by atoms with Gasteiger partial charge in [0, 0.05) is 89.2 Å². The Hall–Kier alpha value is -7.66. The first-order chi connectivity index (χ1) is 39.0. The number of carbonyl (C=O) groups excluding carboxylic acids is 4. The number of benzene rings is 3. The van der Waals surface area contributed by atoms with E-state index in [1.165, 1.54) is 0 Å². The Morgan fingerprint density at radius 3 is 1.40 bits per heavy atom. The molecule has 3 aromatic carbocycles. The van der Waals surface area contributed by atoms with Gasteiger partial charge in [-0.05, 0) is 77.6 Å². The van der Waals surface area contributed by atoms with Crippen molar-refractivity contribution >= 4 is 98.8 Å². The zero-order valence-corrected chi connectivity index (χ0v) is 46.1. The third-order valence-electron chi connectivity index (χ3n) is 14.4. The maximum Gasteiger partial charge on any atom is 0.327 e. The number of urea groups is 1. The van der Waals surface area contributed by atoms with Crippen LogP contribution < -0.4 is 26.6 Å². The second-order valence-corrected chi connectivity index (χ2v) is 21.6. The van der Waals surface area contributed by atoms with E-state index in [0.717, 1.165) is 33.3 Å². The van der Waals surface area contributed by atoms with Crippen molar-refractivity contribution in [1.82, 2.24) is 46.2 Å². The minimum atomic E-state index is -1.65. The first-order valence-corrected chi connectivity index (χ1v) is 28.1. The summed E-state index contributed by atoms with van der Waals surface area (Å²) in [5.74, 6) is -11.9. The van der Waals surface area contributed by atoms with Crippen LogP contribution in [0.25, 0.3) is 21.5 Å². The van der Waals surface area contributed by atoms with Crippen molar-refractivity contribution < 1.29 is 88.5 Å². The molecule has 27 nitrogen and oxygen atoms in total. The van der Waals surface area contributed by atoms with Gasteiger partial charge in [-0.1, -0.05) is 48.5 Å². The van der Waals surface area contributed by atoms with Crippen LogP contribution in [-0.4, -0.2) is 242 Å². The molecule has 4 atom stereocenters. The molecule has 1 aliphatic heterocycles. The second kappa shape index (κ2) is 32.7. The Labute approximate surface area is 476 Å². The number of carbonyl (C=O) groups is 11. The molecular weight excluding hydrogens is 1090 g/mol. The van der Waals surface area contributed by atoms with Gasteiger partial charge in [0.05, 0.1) is 26.2 Å². The number of rotatable bonds is 29. The van der Waals surface area contributed by atoms with E-state index in [-0.39, 0.29) is 123 Å². The van der Waals surface area contributed by atoms with Gasteiger partial charge in [-0.3, -0.25) is 53.2 Å². The van der Waals surface area contributed by atoms with E-state index in [1.54, 1.807) is 14.7 Å². The fraction of sp³-hybridized carbons (Fsp3) is 0.537. The number of nitrogens with zero attached hydrogens (tertiary/aromatic N) is 4. The second-order valence-electron chi connectivity index (χ2n) is 20.5. The number of nitrogens with one attached hydrogen (secondary N) is 5. The smallest absolute Gasteiger partial charge is 0.327 e. The van der Waals surface area contributed by atoms with E-state index in [2.05, 4.69) is 26.6 Å². The van der Waals surface area contributed by atoms with Crippen molar-refractivity contribution in [3.63, 3.8) is 0 Å². The van der Waals surface area contributed by atoms with Crippen LogP contribution in [0.3, 0.4) is 0 Å². The number of carboxylic acid groups (broad SMARTS) is 7. The summed E-state index contributed by atoms with van der Waals surface area (Å²) in [6.45, 7) is 1.21. The van der Waals surface area contributed by atoms with E-state index in [9.17, 15) is 83.4 Å². The number of thioether (sulfide) groups is 1. The highest BCUT2D eigenvalue weighted by Crippen LogP contribution is 2.31. The van der Waals surface area contributed by atoms with Crippen LogP contribution in [0.1, 0.15) is 50.5 Å². The predicted molar refractivity (Wildman–Crippen MR) is 297 cm³/mol. The highest BCUT2D eigenvalue weighted by molar-refractivity contribution is 7.99. The van der Waals surface area contributed by atoms with Gasteiger partial charge in [-0.15, -0.1) is 0 Å². The predicted octanol–water partition coefficient (Wildman–Crippen LogP) is 0.181. The quantitative estimate of drug-likeness (QED) is 0.0413. The molecule has 28 heteroatoms. The molecule has 1 aliphatic carbocycles. The van der Waals surface area contributed by atoms with E-state index >= 15 is 0 Å². The monoisotopic (exact) mass is 1170 g/mol. The number of fused-ring (bicyclic) bond motifs is 2. The zero-order chi connectivity index (χ0) is 59.9. The third kappa shape index (κ3) is 22.0. The molecule has 2 aliphatic rings. The van der Waals surface area contributed by atoms with E-state index in [0.29, 0.717) is 31.2 Å². The van der Waals surface area contributed by atoms with Crippen molar-refractivity contribution in [2.24, 2.45) is 11.8 Å². The summed E-state index contributed by atoms with van der Waals surface area (Å²) in [5.41, 5.74) is 0.711. The van der Waals surface area contributed by atoms with Crippen LogP contribution in [-0.2, 0) is 54.4 Å². The van der Waals surface area contributed by atoms with Crippen LogP contribution in [0.4, 0.5) is 4.79 Å². The SMILES string of the molecule is O=C(O)CCC[C@H](NC(=O)N[C@@H](CSC[C@H](NC(=O)C(Cc1c2ccccc2cc2ccccc12)NC(=O)C1CCC(CNC(=O)CN2CCN(CC(=O)O)CCN(CC(=O)O)CCN(CC(=O)O)CC2)CC1)C(=O)O)C(=O)O)C(=O)O. The first-order valence-electron chi connectivity index (χ1n) is 26.9. The summed E-state index contributed by atoms with van der Waals surface area (Å²) in [5, 5.41) is 83.1. The Morgan fingerprint density at radius 1 is 0.512 bits per heavy atom. The summed E-state index contributed by atoms with van der Waals surface area (Å²) in [4.78, 5) is 144. The lowest BCUT2D eigenvalue weighted by Crippen LogP contribution is -2.54. The number of aliphatic carboxylic acids is 7. The molecule has 5 amide bonds. The Morgan fingerprint density at radius 2 is 0.951 bits per heavy atom. The van der Waals surface area contributed by atoms with Crippen molar-refractivity contribution in [3.8, 4) is 0 Å². The maximum atomic E-state index is 14.4. The Balaban J connectivity index is 1.23. The molecule has 0 bridgehead atoms.